The zero-order valence-corrected chi connectivity index (χ0v) is 16.3. The Kier molecular flexibility index (Phi) is 7.98. The van der Waals surface area contributed by atoms with Gasteiger partial charge in [0.15, 0.2) is 0 Å². The number of anilines is 1. The van der Waals surface area contributed by atoms with Crippen molar-refractivity contribution in [3.63, 3.8) is 0 Å². The first-order valence-corrected chi connectivity index (χ1v) is 9.64. The van der Waals surface area contributed by atoms with Crippen LogP contribution in [0.1, 0.15) is 12.0 Å². The predicted octanol–water partition coefficient (Wildman–Crippen LogP) is 3.16. The lowest BCUT2D eigenvalue weighted by molar-refractivity contribution is -0.116. The smallest absolute Gasteiger partial charge is 0.240 e. The minimum Gasteiger partial charge on any atom is -0.760 e. The summed E-state index contributed by atoms with van der Waals surface area (Å²) in [5, 5.41) is 2.99. The van der Waals surface area contributed by atoms with Crippen LogP contribution in [0, 0.1) is 0 Å². The summed E-state index contributed by atoms with van der Waals surface area (Å²) in [6.07, 6.45) is 2.73. The molecule has 0 saturated carbocycles. The van der Waals surface area contributed by atoms with Crippen LogP contribution in [0.15, 0.2) is 47.1 Å². The Morgan fingerprint density at radius 1 is 1.36 bits per heavy atom. The largest absolute Gasteiger partial charge is 0.760 e. The van der Waals surface area contributed by atoms with Gasteiger partial charge in [0.25, 0.3) is 0 Å². The number of benzene rings is 1. The number of nitrogens with zero attached hydrogens (tertiary/aromatic N) is 2. The fraction of sp³-hybridized carbons (Fsp3) is 0.250. The summed E-state index contributed by atoms with van der Waals surface area (Å²) >= 11 is 6.65. The number of carbonyl (C=O) groups excluding carboxylic acids is 1. The van der Waals surface area contributed by atoms with Crippen LogP contribution in [0.3, 0.4) is 0 Å². The molecule has 9 heteroatoms. The molecule has 1 unspecified atom stereocenters. The van der Waals surface area contributed by atoms with Gasteiger partial charge in [-0.2, -0.15) is 0 Å². The van der Waals surface area contributed by atoms with Crippen molar-refractivity contribution in [1.29, 1.82) is 0 Å². The van der Waals surface area contributed by atoms with Gasteiger partial charge in [0.05, 0.1) is 11.6 Å². The van der Waals surface area contributed by atoms with Crippen LogP contribution in [0.5, 0.6) is 0 Å². The first kappa shape index (κ1) is 20.0. The number of rotatable bonds is 8. The minimum atomic E-state index is -2.48. The Balaban J connectivity index is 1.84. The molecule has 6 nitrogen and oxygen atoms in total. The van der Waals surface area contributed by atoms with Gasteiger partial charge in [0.1, 0.15) is 5.82 Å². The van der Waals surface area contributed by atoms with E-state index >= 15 is 0 Å². The van der Waals surface area contributed by atoms with E-state index in [4.69, 9.17) is 11.6 Å². The minimum absolute atomic E-state index is 0.254. The Morgan fingerprint density at radius 3 is 2.80 bits per heavy atom. The topological polar surface area (TPSA) is 85.4 Å². The fourth-order valence-corrected chi connectivity index (χ4v) is 3.21. The van der Waals surface area contributed by atoms with Crippen LogP contribution in [0.4, 0.5) is 5.82 Å². The molecule has 1 aromatic heterocycles. The van der Waals surface area contributed by atoms with Crippen molar-refractivity contribution in [2.45, 2.75) is 12.8 Å². The SMILES string of the molecule is O=C(CN(CCCc1cccc(Br)c1)S(=O)[O-])Nc1ccc(Cl)cn1. The molecular weight excluding hydrogens is 430 g/mol. The van der Waals surface area contributed by atoms with Crippen LogP contribution >= 0.6 is 27.5 Å². The lowest BCUT2D eigenvalue weighted by Gasteiger charge is -2.23. The molecule has 2 aromatic rings. The Morgan fingerprint density at radius 2 is 2.16 bits per heavy atom. The van der Waals surface area contributed by atoms with Gasteiger partial charge in [0.2, 0.25) is 5.91 Å². The molecule has 1 heterocycles. The summed E-state index contributed by atoms with van der Waals surface area (Å²) in [7, 11) is 0. The second kappa shape index (κ2) is 9.98. The molecule has 2 rings (SSSR count). The third-order valence-electron chi connectivity index (χ3n) is 3.29. The number of nitrogens with one attached hydrogen (secondary N) is 1. The van der Waals surface area contributed by atoms with E-state index in [1.807, 2.05) is 24.3 Å². The predicted molar refractivity (Wildman–Crippen MR) is 101 cm³/mol. The van der Waals surface area contributed by atoms with E-state index < -0.39 is 17.2 Å². The van der Waals surface area contributed by atoms with Gasteiger partial charge < -0.3 is 9.87 Å². The maximum Gasteiger partial charge on any atom is 0.240 e. The van der Waals surface area contributed by atoms with Gasteiger partial charge >= 0.3 is 0 Å². The van der Waals surface area contributed by atoms with Gasteiger partial charge in [-0.25, -0.2) is 9.29 Å². The van der Waals surface area contributed by atoms with Gasteiger partial charge in [-0.3, -0.25) is 9.00 Å². The summed E-state index contributed by atoms with van der Waals surface area (Å²) in [4.78, 5) is 15.9. The van der Waals surface area contributed by atoms with Gasteiger partial charge in [-0.15, -0.1) is 0 Å². The summed E-state index contributed by atoms with van der Waals surface area (Å²) in [6, 6.07) is 10.9. The number of hydrogen-bond acceptors (Lipinski definition) is 4. The highest BCUT2D eigenvalue weighted by molar-refractivity contribution is 9.10. The molecule has 0 fully saturated rings. The highest BCUT2D eigenvalue weighted by atomic mass is 79.9. The molecule has 1 atom stereocenters. The highest BCUT2D eigenvalue weighted by Gasteiger charge is 2.12. The average Bonchev–Trinajstić information content (AvgIpc) is 2.56. The second-order valence-corrected chi connectivity index (χ2v) is 7.53. The van der Waals surface area contributed by atoms with E-state index in [0.717, 1.165) is 14.3 Å². The number of aromatic nitrogens is 1. The van der Waals surface area contributed by atoms with E-state index in [0.29, 0.717) is 23.7 Å². The molecule has 0 bridgehead atoms. The van der Waals surface area contributed by atoms with E-state index in [1.54, 1.807) is 12.1 Å². The Labute approximate surface area is 162 Å². The van der Waals surface area contributed by atoms with Crippen LogP contribution in [-0.2, 0) is 22.5 Å². The van der Waals surface area contributed by atoms with Crippen molar-refractivity contribution in [3.05, 3.63) is 57.7 Å². The zero-order valence-electron chi connectivity index (χ0n) is 13.2. The summed E-state index contributed by atoms with van der Waals surface area (Å²) in [6.45, 7) is -0.0109. The fourth-order valence-electron chi connectivity index (χ4n) is 2.15. The van der Waals surface area contributed by atoms with E-state index in [1.165, 1.54) is 6.20 Å². The summed E-state index contributed by atoms with van der Waals surface area (Å²) in [5.74, 6) is -0.137. The van der Waals surface area contributed by atoms with Crippen LogP contribution in [0.2, 0.25) is 5.02 Å². The standard InChI is InChI=1S/C16H17BrClN3O3S/c17-13-5-1-3-12(9-13)4-2-8-21(25(23)24)11-16(22)20-15-7-6-14(18)10-19-15/h1,3,5-7,9-10H,2,4,8,11H2,(H,23,24)(H,19,20,22)/p-1. The first-order valence-electron chi connectivity index (χ1n) is 7.44. The van der Waals surface area contributed by atoms with Crippen molar-refractivity contribution in [3.8, 4) is 0 Å². The molecule has 1 amide bonds. The number of hydrogen-bond donors (Lipinski definition) is 1. The van der Waals surface area contributed by atoms with E-state index in [-0.39, 0.29) is 13.1 Å². The molecule has 25 heavy (non-hydrogen) atoms. The summed E-state index contributed by atoms with van der Waals surface area (Å²) < 4.78 is 24.7. The van der Waals surface area contributed by atoms with Crippen molar-refractivity contribution in [2.75, 3.05) is 18.4 Å². The third kappa shape index (κ3) is 7.21. The summed E-state index contributed by atoms with van der Waals surface area (Å²) in [5.41, 5.74) is 1.10. The van der Waals surface area contributed by atoms with E-state index in [2.05, 4.69) is 26.2 Å². The molecule has 0 aliphatic carbocycles. The molecule has 1 aromatic carbocycles. The molecule has 0 aliphatic heterocycles. The van der Waals surface area contributed by atoms with Crippen LogP contribution < -0.4 is 5.32 Å². The molecule has 1 N–H and O–H groups in total. The number of aryl methyl sites for hydroxylation is 1. The normalized spacial score (nSPS) is 12.2. The van der Waals surface area contributed by atoms with Crippen LogP contribution in [-0.4, -0.2) is 37.0 Å². The lowest BCUT2D eigenvalue weighted by atomic mass is 10.1. The van der Waals surface area contributed by atoms with Crippen LogP contribution in [0.25, 0.3) is 0 Å². The number of halogens is 2. The molecule has 0 aliphatic rings. The number of amides is 1. The molecule has 0 saturated heterocycles. The van der Waals surface area contributed by atoms with Gasteiger partial charge in [-0.05, 0) is 42.7 Å². The lowest BCUT2D eigenvalue weighted by Crippen LogP contribution is -2.35. The quantitative estimate of drug-likeness (QED) is 0.632. The average molecular weight is 446 g/mol. The number of carbonyl (C=O) groups is 1. The van der Waals surface area contributed by atoms with Crippen molar-refractivity contribution >= 4 is 50.5 Å². The van der Waals surface area contributed by atoms with E-state index in [9.17, 15) is 13.6 Å². The first-order chi connectivity index (χ1) is 11.9. The zero-order chi connectivity index (χ0) is 18.2. The van der Waals surface area contributed by atoms with Crippen molar-refractivity contribution in [1.82, 2.24) is 9.29 Å². The number of pyridine rings is 1. The third-order valence-corrected chi connectivity index (χ3v) is 4.74. The molecule has 0 radical (unpaired) electrons. The monoisotopic (exact) mass is 444 g/mol. The molecule has 0 spiro atoms. The molecule has 134 valence electrons. The second-order valence-electron chi connectivity index (χ2n) is 5.22. The highest BCUT2D eigenvalue weighted by Crippen LogP contribution is 2.13. The van der Waals surface area contributed by atoms with Crippen molar-refractivity contribution in [2.24, 2.45) is 0 Å². The maximum absolute atomic E-state index is 12.0. The van der Waals surface area contributed by atoms with Crippen molar-refractivity contribution < 1.29 is 13.6 Å². The molecular formula is C16H16BrClN3O3S-. The van der Waals surface area contributed by atoms with Gasteiger partial charge in [-0.1, -0.05) is 39.7 Å². The Bertz CT molecular complexity index is 746. The van der Waals surface area contributed by atoms with Gasteiger partial charge in [0, 0.05) is 28.5 Å². The maximum atomic E-state index is 12.0. The Hall–Kier alpha value is -1.32.